The first-order chi connectivity index (χ1) is 8.18. The number of aromatic nitrogens is 2. The van der Waals surface area contributed by atoms with Crippen molar-refractivity contribution in [3.05, 3.63) is 36.2 Å². The van der Waals surface area contributed by atoms with E-state index < -0.39 is 6.10 Å². The van der Waals surface area contributed by atoms with Crippen molar-refractivity contribution in [2.45, 2.75) is 26.1 Å². The molecule has 1 atom stereocenters. The molecule has 1 aromatic carbocycles. The molecule has 2 rings (SSSR count). The fraction of sp³-hybridized carbons (Fsp3) is 0.385. The average molecular weight is 232 g/mol. The van der Waals surface area contributed by atoms with Crippen LogP contribution >= 0.6 is 0 Å². The Morgan fingerprint density at radius 2 is 2.00 bits per heavy atom. The number of benzene rings is 1. The van der Waals surface area contributed by atoms with Crippen LogP contribution in [0.2, 0.25) is 0 Å². The van der Waals surface area contributed by atoms with Crippen molar-refractivity contribution in [1.29, 1.82) is 0 Å². The van der Waals surface area contributed by atoms with Crippen LogP contribution in [0.1, 0.15) is 25.5 Å². The number of rotatable bonds is 4. The first kappa shape index (κ1) is 12.0. The molecular weight excluding hydrogens is 216 g/mol. The van der Waals surface area contributed by atoms with Crippen molar-refractivity contribution >= 4 is 11.0 Å². The number of nitrogens with zero attached hydrogens (tertiary/aromatic N) is 2. The van der Waals surface area contributed by atoms with E-state index in [0.717, 1.165) is 16.6 Å². The standard InChI is InChI=1S/C13H16N2O2/c1-9(2)17-8-12(16)10-4-3-5-11-13(10)15-7-6-14-11/h3-7,9,12,16H,8H2,1-2H3. The van der Waals surface area contributed by atoms with Gasteiger partial charge in [-0.3, -0.25) is 9.97 Å². The van der Waals surface area contributed by atoms with Gasteiger partial charge in [-0.2, -0.15) is 0 Å². The fourth-order valence-electron chi connectivity index (χ4n) is 1.66. The Labute approximate surface area is 100 Å². The van der Waals surface area contributed by atoms with Gasteiger partial charge in [0, 0.05) is 18.0 Å². The summed E-state index contributed by atoms with van der Waals surface area (Å²) in [5, 5.41) is 10.1. The van der Waals surface area contributed by atoms with Gasteiger partial charge in [0.1, 0.15) is 6.10 Å². The van der Waals surface area contributed by atoms with Gasteiger partial charge < -0.3 is 9.84 Å². The van der Waals surface area contributed by atoms with Gasteiger partial charge in [-0.25, -0.2) is 0 Å². The summed E-state index contributed by atoms with van der Waals surface area (Å²) >= 11 is 0. The van der Waals surface area contributed by atoms with E-state index in [9.17, 15) is 5.11 Å². The Hall–Kier alpha value is -1.52. The second-order valence-corrected chi connectivity index (χ2v) is 4.17. The molecule has 1 heterocycles. The normalized spacial score (nSPS) is 13.2. The Bertz CT molecular complexity index is 494. The van der Waals surface area contributed by atoms with E-state index in [1.54, 1.807) is 12.4 Å². The Morgan fingerprint density at radius 1 is 1.24 bits per heavy atom. The molecule has 0 aliphatic heterocycles. The van der Waals surface area contributed by atoms with Crippen LogP contribution in [0.5, 0.6) is 0 Å². The number of hydrogen-bond acceptors (Lipinski definition) is 4. The first-order valence-corrected chi connectivity index (χ1v) is 5.68. The predicted molar refractivity (Wildman–Crippen MR) is 65.6 cm³/mol. The number of hydrogen-bond donors (Lipinski definition) is 1. The van der Waals surface area contributed by atoms with E-state index in [-0.39, 0.29) is 12.7 Å². The lowest BCUT2D eigenvalue weighted by Crippen LogP contribution is -2.12. The average Bonchev–Trinajstić information content (AvgIpc) is 2.35. The SMILES string of the molecule is CC(C)OCC(O)c1cccc2nccnc12. The highest BCUT2D eigenvalue weighted by molar-refractivity contribution is 5.77. The lowest BCUT2D eigenvalue weighted by atomic mass is 10.1. The highest BCUT2D eigenvalue weighted by Crippen LogP contribution is 2.21. The number of aliphatic hydroxyl groups excluding tert-OH is 1. The second kappa shape index (κ2) is 5.21. The molecule has 90 valence electrons. The molecular formula is C13H16N2O2. The Balaban J connectivity index is 2.28. The summed E-state index contributed by atoms with van der Waals surface area (Å²) in [5.41, 5.74) is 2.28. The molecule has 1 unspecified atom stereocenters. The van der Waals surface area contributed by atoms with Crippen molar-refractivity contribution in [3.8, 4) is 0 Å². The van der Waals surface area contributed by atoms with Crippen molar-refractivity contribution in [2.24, 2.45) is 0 Å². The van der Waals surface area contributed by atoms with Crippen LogP contribution in [0, 0.1) is 0 Å². The zero-order valence-electron chi connectivity index (χ0n) is 10.00. The number of para-hydroxylation sites is 1. The summed E-state index contributed by atoms with van der Waals surface area (Å²) in [7, 11) is 0. The van der Waals surface area contributed by atoms with Gasteiger partial charge >= 0.3 is 0 Å². The van der Waals surface area contributed by atoms with Gasteiger partial charge in [0.05, 0.1) is 23.7 Å². The summed E-state index contributed by atoms with van der Waals surface area (Å²) < 4.78 is 5.41. The van der Waals surface area contributed by atoms with Crippen LogP contribution in [0.4, 0.5) is 0 Å². The molecule has 0 radical (unpaired) electrons. The second-order valence-electron chi connectivity index (χ2n) is 4.17. The molecule has 4 heteroatoms. The maximum atomic E-state index is 10.1. The fourth-order valence-corrected chi connectivity index (χ4v) is 1.66. The molecule has 1 N–H and O–H groups in total. The third-order valence-electron chi connectivity index (χ3n) is 2.48. The summed E-state index contributed by atoms with van der Waals surface area (Å²) in [5.74, 6) is 0. The zero-order chi connectivity index (χ0) is 12.3. The third kappa shape index (κ3) is 2.78. The van der Waals surface area contributed by atoms with E-state index in [0.29, 0.717) is 0 Å². The molecule has 1 aromatic heterocycles. The van der Waals surface area contributed by atoms with Gasteiger partial charge in [0.2, 0.25) is 0 Å². The topological polar surface area (TPSA) is 55.2 Å². The van der Waals surface area contributed by atoms with Crippen LogP contribution in [0.3, 0.4) is 0 Å². The molecule has 2 aromatic rings. The van der Waals surface area contributed by atoms with Crippen LogP contribution < -0.4 is 0 Å². The number of fused-ring (bicyclic) bond motifs is 1. The van der Waals surface area contributed by atoms with Crippen LogP contribution in [0.15, 0.2) is 30.6 Å². The van der Waals surface area contributed by atoms with Gasteiger partial charge in [-0.15, -0.1) is 0 Å². The molecule has 0 saturated carbocycles. The predicted octanol–water partition coefficient (Wildman–Crippen LogP) is 2.09. The van der Waals surface area contributed by atoms with Gasteiger partial charge in [-0.05, 0) is 19.9 Å². The molecule has 0 aliphatic rings. The van der Waals surface area contributed by atoms with Crippen molar-refractivity contribution < 1.29 is 9.84 Å². The van der Waals surface area contributed by atoms with Crippen molar-refractivity contribution in [3.63, 3.8) is 0 Å². The zero-order valence-corrected chi connectivity index (χ0v) is 10.00. The molecule has 4 nitrogen and oxygen atoms in total. The van der Waals surface area contributed by atoms with Crippen molar-refractivity contribution in [1.82, 2.24) is 9.97 Å². The minimum atomic E-state index is -0.669. The summed E-state index contributed by atoms with van der Waals surface area (Å²) in [6, 6.07) is 5.60. The largest absolute Gasteiger partial charge is 0.386 e. The summed E-state index contributed by atoms with van der Waals surface area (Å²) in [6.45, 7) is 4.15. The minimum absolute atomic E-state index is 0.103. The third-order valence-corrected chi connectivity index (χ3v) is 2.48. The van der Waals surface area contributed by atoms with E-state index in [1.807, 2.05) is 32.0 Å². The van der Waals surface area contributed by atoms with E-state index in [4.69, 9.17) is 4.74 Å². The molecule has 0 aliphatic carbocycles. The molecule has 0 bridgehead atoms. The van der Waals surface area contributed by atoms with Crippen LogP contribution in [0.25, 0.3) is 11.0 Å². The Morgan fingerprint density at radius 3 is 2.76 bits per heavy atom. The maximum Gasteiger partial charge on any atom is 0.104 e. The van der Waals surface area contributed by atoms with Gasteiger partial charge in [0.25, 0.3) is 0 Å². The molecule has 0 saturated heterocycles. The highest BCUT2D eigenvalue weighted by Gasteiger charge is 2.13. The van der Waals surface area contributed by atoms with E-state index in [1.165, 1.54) is 0 Å². The van der Waals surface area contributed by atoms with Gasteiger partial charge in [0.15, 0.2) is 0 Å². The summed E-state index contributed by atoms with van der Waals surface area (Å²) in [6.07, 6.45) is 2.70. The van der Waals surface area contributed by atoms with Crippen LogP contribution in [-0.4, -0.2) is 27.8 Å². The highest BCUT2D eigenvalue weighted by atomic mass is 16.5. The minimum Gasteiger partial charge on any atom is -0.386 e. The molecule has 0 amide bonds. The maximum absolute atomic E-state index is 10.1. The van der Waals surface area contributed by atoms with E-state index >= 15 is 0 Å². The number of ether oxygens (including phenoxy) is 1. The smallest absolute Gasteiger partial charge is 0.104 e. The summed E-state index contributed by atoms with van der Waals surface area (Å²) in [4.78, 5) is 8.46. The lowest BCUT2D eigenvalue weighted by molar-refractivity contribution is 0.00542. The van der Waals surface area contributed by atoms with Crippen LogP contribution in [-0.2, 0) is 4.74 Å². The Kier molecular flexibility index (Phi) is 3.66. The quantitative estimate of drug-likeness (QED) is 0.877. The number of aliphatic hydroxyl groups is 1. The van der Waals surface area contributed by atoms with Gasteiger partial charge in [-0.1, -0.05) is 12.1 Å². The van der Waals surface area contributed by atoms with Crippen molar-refractivity contribution in [2.75, 3.05) is 6.61 Å². The first-order valence-electron chi connectivity index (χ1n) is 5.68. The molecule has 17 heavy (non-hydrogen) atoms. The van der Waals surface area contributed by atoms with E-state index in [2.05, 4.69) is 9.97 Å². The molecule has 0 fully saturated rings. The lowest BCUT2D eigenvalue weighted by Gasteiger charge is -2.14. The monoisotopic (exact) mass is 232 g/mol. The molecule has 0 spiro atoms.